The van der Waals surface area contributed by atoms with Gasteiger partial charge in [0.15, 0.2) is 0 Å². The SMILES string of the molecule is N=C(C(=O)O)C1=C(N)CCC1. The topological polar surface area (TPSA) is 87.2 Å². The average molecular weight is 154 g/mol. The van der Waals surface area contributed by atoms with Crippen molar-refractivity contribution in [2.24, 2.45) is 5.73 Å². The zero-order valence-electron chi connectivity index (χ0n) is 6.05. The van der Waals surface area contributed by atoms with Gasteiger partial charge in [-0.1, -0.05) is 0 Å². The van der Waals surface area contributed by atoms with Crippen LogP contribution >= 0.6 is 0 Å². The first-order valence-electron chi connectivity index (χ1n) is 3.42. The first-order chi connectivity index (χ1) is 5.13. The molecule has 0 amide bonds. The van der Waals surface area contributed by atoms with Gasteiger partial charge in [0, 0.05) is 11.3 Å². The molecule has 0 fully saturated rings. The van der Waals surface area contributed by atoms with Crippen molar-refractivity contribution in [1.82, 2.24) is 0 Å². The van der Waals surface area contributed by atoms with Gasteiger partial charge in [-0.2, -0.15) is 0 Å². The van der Waals surface area contributed by atoms with Crippen LogP contribution in [0.3, 0.4) is 0 Å². The molecule has 11 heavy (non-hydrogen) atoms. The lowest BCUT2D eigenvalue weighted by Crippen LogP contribution is -2.15. The van der Waals surface area contributed by atoms with Gasteiger partial charge in [-0.15, -0.1) is 0 Å². The maximum absolute atomic E-state index is 10.3. The van der Waals surface area contributed by atoms with Crippen molar-refractivity contribution in [2.75, 3.05) is 0 Å². The molecule has 0 aromatic rings. The van der Waals surface area contributed by atoms with Crippen LogP contribution in [0.2, 0.25) is 0 Å². The van der Waals surface area contributed by atoms with E-state index in [9.17, 15) is 4.79 Å². The highest BCUT2D eigenvalue weighted by atomic mass is 16.4. The lowest BCUT2D eigenvalue weighted by atomic mass is 10.1. The van der Waals surface area contributed by atoms with Crippen molar-refractivity contribution >= 4 is 11.7 Å². The van der Waals surface area contributed by atoms with Gasteiger partial charge in [0.1, 0.15) is 5.71 Å². The number of rotatable bonds is 2. The molecule has 4 nitrogen and oxygen atoms in total. The maximum Gasteiger partial charge on any atom is 0.354 e. The molecule has 0 unspecified atom stereocenters. The molecule has 1 aliphatic rings. The molecule has 1 aliphatic carbocycles. The monoisotopic (exact) mass is 154 g/mol. The maximum atomic E-state index is 10.3. The van der Waals surface area contributed by atoms with Crippen LogP contribution in [0.1, 0.15) is 19.3 Å². The summed E-state index contributed by atoms with van der Waals surface area (Å²) >= 11 is 0. The number of carbonyl (C=O) groups is 1. The fourth-order valence-electron chi connectivity index (χ4n) is 1.18. The van der Waals surface area contributed by atoms with E-state index in [4.69, 9.17) is 16.2 Å². The van der Waals surface area contributed by atoms with Gasteiger partial charge in [0.25, 0.3) is 0 Å². The largest absolute Gasteiger partial charge is 0.477 e. The summed E-state index contributed by atoms with van der Waals surface area (Å²) in [5.74, 6) is -1.19. The number of hydrogen-bond acceptors (Lipinski definition) is 3. The van der Waals surface area contributed by atoms with Crippen LogP contribution in [-0.4, -0.2) is 16.8 Å². The number of carboxylic acid groups (broad SMARTS) is 1. The van der Waals surface area contributed by atoms with Crippen LogP contribution in [0.25, 0.3) is 0 Å². The molecule has 0 radical (unpaired) electrons. The third-order valence-corrected chi connectivity index (χ3v) is 1.78. The van der Waals surface area contributed by atoms with E-state index in [0.717, 1.165) is 12.8 Å². The van der Waals surface area contributed by atoms with E-state index >= 15 is 0 Å². The van der Waals surface area contributed by atoms with Crippen LogP contribution in [-0.2, 0) is 4.79 Å². The molecule has 0 aliphatic heterocycles. The summed E-state index contributed by atoms with van der Waals surface area (Å²) in [4.78, 5) is 10.3. The van der Waals surface area contributed by atoms with Gasteiger partial charge < -0.3 is 10.8 Å². The molecule has 4 N–H and O–H groups in total. The smallest absolute Gasteiger partial charge is 0.354 e. The van der Waals surface area contributed by atoms with Gasteiger partial charge in [0.2, 0.25) is 0 Å². The van der Waals surface area contributed by atoms with Crippen LogP contribution in [0.4, 0.5) is 0 Å². The normalized spacial score (nSPS) is 17.1. The number of nitrogens with two attached hydrogens (primary N) is 1. The fourth-order valence-corrected chi connectivity index (χ4v) is 1.18. The van der Waals surface area contributed by atoms with Crippen molar-refractivity contribution in [3.8, 4) is 0 Å². The lowest BCUT2D eigenvalue weighted by Gasteiger charge is -1.99. The third-order valence-electron chi connectivity index (χ3n) is 1.78. The molecule has 4 heteroatoms. The second kappa shape index (κ2) is 2.74. The minimum absolute atomic E-state index is 0.347. The average Bonchev–Trinajstić information content (AvgIpc) is 2.33. The summed E-state index contributed by atoms with van der Waals surface area (Å²) in [5.41, 5.74) is 6.22. The number of carboxylic acids is 1. The standard InChI is InChI=1S/C7H10N2O2/c8-5-3-1-2-4(5)6(9)7(10)11/h9H,1-3,8H2,(H,10,11). The van der Waals surface area contributed by atoms with Gasteiger partial charge >= 0.3 is 5.97 Å². The Morgan fingerprint density at radius 3 is 2.55 bits per heavy atom. The van der Waals surface area contributed by atoms with Gasteiger partial charge in [0.05, 0.1) is 0 Å². The van der Waals surface area contributed by atoms with Crippen molar-refractivity contribution in [3.05, 3.63) is 11.3 Å². The molecule has 1 rings (SSSR count). The highest BCUT2D eigenvalue weighted by molar-refractivity contribution is 6.41. The molecule has 0 saturated carbocycles. The Labute approximate surface area is 64.2 Å². The van der Waals surface area contributed by atoms with Crippen molar-refractivity contribution in [2.45, 2.75) is 19.3 Å². The third kappa shape index (κ3) is 1.39. The van der Waals surface area contributed by atoms with Gasteiger partial charge in [-0.05, 0) is 19.3 Å². The zero-order chi connectivity index (χ0) is 8.43. The number of hydrogen-bond donors (Lipinski definition) is 3. The summed E-state index contributed by atoms with van der Waals surface area (Å²) in [5, 5.41) is 15.6. The van der Waals surface area contributed by atoms with Gasteiger partial charge in [-0.3, -0.25) is 5.41 Å². The molecule has 0 atom stereocenters. The number of aliphatic carboxylic acids is 1. The Bertz CT molecular complexity index is 243. The lowest BCUT2D eigenvalue weighted by molar-refractivity contribution is -0.129. The summed E-state index contributed by atoms with van der Waals surface area (Å²) in [6, 6.07) is 0. The summed E-state index contributed by atoms with van der Waals surface area (Å²) in [6.45, 7) is 0. The van der Waals surface area contributed by atoms with E-state index < -0.39 is 5.97 Å². The van der Waals surface area contributed by atoms with E-state index in [0.29, 0.717) is 17.7 Å². The number of nitrogens with one attached hydrogen (secondary N) is 1. The van der Waals surface area contributed by atoms with E-state index in [-0.39, 0.29) is 5.71 Å². The summed E-state index contributed by atoms with van der Waals surface area (Å²) < 4.78 is 0. The molecular formula is C7H10N2O2. The molecule has 0 heterocycles. The number of allylic oxidation sites excluding steroid dienone is 1. The van der Waals surface area contributed by atoms with Crippen molar-refractivity contribution in [1.29, 1.82) is 5.41 Å². The molecule has 60 valence electrons. The Morgan fingerprint density at radius 2 is 2.18 bits per heavy atom. The van der Waals surface area contributed by atoms with Crippen LogP contribution in [0.15, 0.2) is 11.3 Å². The van der Waals surface area contributed by atoms with Crippen molar-refractivity contribution in [3.63, 3.8) is 0 Å². The van der Waals surface area contributed by atoms with E-state index in [1.54, 1.807) is 0 Å². The molecule has 0 aromatic carbocycles. The molecule has 0 aromatic heterocycles. The summed E-state index contributed by atoms with van der Waals surface area (Å²) in [6.07, 6.45) is 2.23. The highest BCUT2D eigenvalue weighted by Gasteiger charge is 2.20. The molecule has 0 saturated heterocycles. The molecule has 0 spiro atoms. The Kier molecular flexibility index (Phi) is 1.94. The van der Waals surface area contributed by atoms with E-state index in [1.165, 1.54) is 0 Å². The Morgan fingerprint density at radius 1 is 1.55 bits per heavy atom. The highest BCUT2D eigenvalue weighted by Crippen LogP contribution is 2.22. The second-order valence-corrected chi connectivity index (χ2v) is 2.54. The van der Waals surface area contributed by atoms with Crippen LogP contribution in [0, 0.1) is 5.41 Å². The molecule has 0 bridgehead atoms. The van der Waals surface area contributed by atoms with E-state index in [1.807, 2.05) is 0 Å². The predicted octanol–water partition coefficient (Wildman–Crippen LogP) is 0.487. The Balaban J connectivity index is 2.82. The van der Waals surface area contributed by atoms with E-state index in [2.05, 4.69) is 0 Å². The summed E-state index contributed by atoms with van der Waals surface area (Å²) in [7, 11) is 0. The zero-order valence-corrected chi connectivity index (χ0v) is 6.05. The Hall–Kier alpha value is -1.32. The fraction of sp³-hybridized carbons (Fsp3) is 0.429. The van der Waals surface area contributed by atoms with Gasteiger partial charge in [-0.25, -0.2) is 4.79 Å². The van der Waals surface area contributed by atoms with Crippen LogP contribution < -0.4 is 5.73 Å². The van der Waals surface area contributed by atoms with Crippen LogP contribution in [0.5, 0.6) is 0 Å². The first kappa shape index (κ1) is 7.78. The minimum atomic E-state index is -1.19. The minimum Gasteiger partial charge on any atom is -0.477 e. The first-order valence-corrected chi connectivity index (χ1v) is 3.42. The molecular weight excluding hydrogens is 144 g/mol. The van der Waals surface area contributed by atoms with Crippen molar-refractivity contribution < 1.29 is 9.90 Å². The second-order valence-electron chi connectivity index (χ2n) is 2.54. The quantitative estimate of drug-likeness (QED) is 0.506. The predicted molar refractivity (Wildman–Crippen MR) is 40.4 cm³/mol.